The van der Waals surface area contributed by atoms with Gasteiger partial charge in [0.1, 0.15) is 0 Å². The second kappa shape index (κ2) is 6.43. The van der Waals surface area contributed by atoms with E-state index >= 15 is 0 Å². The number of aryl methyl sites for hydroxylation is 1. The number of carbonyl (C=O) groups excluding carboxylic acids is 2. The van der Waals surface area contributed by atoms with Crippen LogP contribution in [0.25, 0.3) is 0 Å². The largest absolute Gasteiger partial charge is 0.351 e. The molecule has 0 aromatic heterocycles. The quantitative estimate of drug-likeness (QED) is 0.765. The molecule has 2 rings (SSSR count). The molecular weight excluding hydrogens is 369 g/mol. The van der Waals surface area contributed by atoms with Gasteiger partial charge in [0.2, 0.25) is 5.91 Å². The van der Waals surface area contributed by atoms with Crippen molar-refractivity contribution in [3.8, 4) is 0 Å². The van der Waals surface area contributed by atoms with E-state index in [1.807, 2.05) is 25.1 Å². The van der Waals surface area contributed by atoms with Crippen molar-refractivity contribution in [2.24, 2.45) is 11.7 Å². The maximum atomic E-state index is 12.2. The highest BCUT2D eigenvalue weighted by atomic mass is 127. The Kier molecular flexibility index (Phi) is 4.85. The molecule has 0 aliphatic carbocycles. The highest BCUT2D eigenvalue weighted by Gasteiger charge is 2.27. The normalized spacial score (nSPS) is 18.7. The molecule has 1 saturated heterocycles. The summed E-state index contributed by atoms with van der Waals surface area (Å²) in [5.74, 6) is -0.231. The van der Waals surface area contributed by atoms with Crippen molar-refractivity contribution in [3.05, 3.63) is 27.3 Å². The number of hydrogen-bond donors (Lipinski definition) is 2. The third kappa shape index (κ3) is 3.62. The van der Waals surface area contributed by atoms with Crippen LogP contribution < -0.4 is 11.1 Å². The topological polar surface area (TPSA) is 75.4 Å². The number of amides is 3. The number of rotatable bonds is 2. The highest BCUT2D eigenvalue weighted by molar-refractivity contribution is 14.1. The summed E-state index contributed by atoms with van der Waals surface area (Å²) in [5, 5.41) is 2.92. The van der Waals surface area contributed by atoms with E-state index in [0.29, 0.717) is 13.1 Å². The number of likely N-dealkylation sites (tertiary alicyclic amines) is 1. The van der Waals surface area contributed by atoms with E-state index in [2.05, 4.69) is 27.9 Å². The molecule has 0 bridgehead atoms. The number of carbonyl (C=O) groups is 2. The summed E-state index contributed by atoms with van der Waals surface area (Å²) in [6.45, 7) is 3.07. The van der Waals surface area contributed by atoms with Gasteiger partial charge in [0.25, 0.3) is 0 Å². The fourth-order valence-electron chi connectivity index (χ4n) is 2.31. The van der Waals surface area contributed by atoms with Crippen LogP contribution in [-0.2, 0) is 4.79 Å². The van der Waals surface area contributed by atoms with Gasteiger partial charge in [-0.2, -0.15) is 0 Å². The summed E-state index contributed by atoms with van der Waals surface area (Å²) in [4.78, 5) is 25.0. The zero-order chi connectivity index (χ0) is 14.7. The van der Waals surface area contributed by atoms with Crippen molar-refractivity contribution in [2.45, 2.75) is 19.8 Å². The van der Waals surface area contributed by atoms with Gasteiger partial charge in [-0.25, -0.2) is 4.79 Å². The number of nitrogens with zero attached hydrogens (tertiary/aromatic N) is 1. The van der Waals surface area contributed by atoms with Crippen LogP contribution in [0.2, 0.25) is 0 Å². The number of benzene rings is 1. The summed E-state index contributed by atoms with van der Waals surface area (Å²) in [6, 6.07) is 5.37. The smallest absolute Gasteiger partial charge is 0.314 e. The van der Waals surface area contributed by atoms with Gasteiger partial charge in [0.15, 0.2) is 0 Å². The summed E-state index contributed by atoms with van der Waals surface area (Å²) in [5.41, 5.74) is 7.25. The standard InChI is InChI=1S/C14H18IN3O2/c1-9-4-5-11(7-12(9)15)17-13(19)10-3-2-6-18(8-10)14(16)20/h4-5,7,10H,2-3,6,8H2,1H3,(H2,16,20)(H,17,19)/t10-/m0/s1. The molecule has 1 aliphatic heterocycles. The van der Waals surface area contributed by atoms with Crippen molar-refractivity contribution in [2.75, 3.05) is 18.4 Å². The van der Waals surface area contributed by atoms with E-state index in [1.165, 1.54) is 10.5 Å². The Balaban J connectivity index is 2.00. The Hall–Kier alpha value is -1.31. The van der Waals surface area contributed by atoms with Crippen molar-refractivity contribution in [1.82, 2.24) is 4.90 Å². The Morgan fingerprint density at radius 1 is 1.45 bits per heavy atom. The average Bonchev–Trinajstić information content (AvgIpc) is 2.43. The minimum atomic E-state index is -0.451. The molecule has 3 amide bonds. The molecule has 0 unspecified atom stereocenters. The third-order valence-electron chi connectivity index (χ3n) is 3.54. The molecule has 0 radical (unpaired) electrons. The molecule has 20 heavy (non-hydrogen) atoms. The lowest BCUT2D eigenvalue weighted by atomic mass is 9.97. The van der Waals surface area contributed by atoms with Gasteiger partial charge in [-0.05, 0) is 60.1 Å². The second-order valence-corrected chi connectivity index (χ2v) is 6.24. The van der Waals surface area contributed by atoms with Gasteiger partial charge in [0, 0.05) is 22.3 Å². The van der Waals surface area contributed by atoms with E-state index in [9.17, 15) is 9.59 Å². The number of piperidine rings is 1. The Labute approximate surface area is 132 Å². The number of nitrogens with two attached hydrogens (primary N) is 1. The molecule has 1 aliphatic rings. The van der Waals surface area contributed by atoms with Crippen LogP contribution in [0, 0.1) is 16.4 Å². The lowest BCUT2D eigenvalue weighted by Gasteiger charge is -2.30. The van der Waals surface area contributed by atoms with Crippen LogP contribution in [0.15, 0.2) is 18.2 Å². The molecule has 6 heteroatoms. The first kappa shape index (κ1) is 15.1. The van der Waals surface area contributed by atoms with Crippen LogP contribution in [0.1, 0.15) is 18.4 Å². The Morgan fingerprint density at radius 3 is 2.85 bits per heavy atom. The molecule has 5 nitrogen and oxygen atoms in total. The van der Waals surface area contributed by atoms with Crippen molar-refractivity contribution < 1.29 is 9.59 Å². The van der Waals surface area contributed by atoms with Gasteiger partial charge in [0.05, 0.1) is 5.92 Å². The molecule has 1 aromatic carbocycles. The second-order valence-electron chi connectivity index (χ2n) is 5.08. The number of urea groups is 1. The van der Waals surface area contributed by atoms with E-state index in [0.717, 1.165) is 22.1 Å². The lowest BCUT2D eigenvalue weighted by Crippen LogP contribution is -2.46. The van der Waals surface area contributed by atoms with E-state index in [1.54, 1.807) is 0 Å². The Morgan fingerprint density at radius 2 is 2.20 bits per heavy atom. The summed E-state index contributed by atoms with van der Waals surface area (Å²) < 4.78 is 1.11. The summed E-state index contributed by atoms with van der Waals surface area (Å²) >= 11 is 2.24. The van der Waals surface area contributed by atoms with Crippen LogP contribution >= 0.6 is 22.6 Å². The predicted octanol–water partition coefficient (Wildman–Crippen LogP) is 2.33. The van der Waals surface area contributed by atoms with Crippen molar-refractivity contribution in [3.63, 3.8) is 0 Å². The average molecular weight is 387 g/mol. The lowest BCUT2D eigenvalue weighted by molar-refractivity contribution is -0.121. The third-order valence-corrected chi connectivity index (χ3v) is 4.71. The molecule has 1 atom stereocenters. The van der Waals surface area contributed by atoms with E-state index in [-0.39, 0.29) is 11.8 Å². The molecule has 1 aromatic rings. The van der Waals surface area contributed by atoms with E-state index < -0.39 is 6.03 Å². The van der Waals surface area contributed by atoms with Gasteiger partial charge < -0.3 is 16.0 Å². The molecule has 1 heterocycles. The minimum Gasteiger partial charge on any atom is -0.351 e. The number of hydrogen-bond acceptors (Lipinski definition) is 2. The van der Waals surface area contributed by atoms with Crippen molar-refractivity contribution in [1.29, 1.82) is 0 Å². The SMILES string of the molecule is Cc1ccc(NC(=O)[C@H]2CCCN(C(N)=O)C2)cc1I. The van der Waals surface area contributed by atoms with Crippen LogP contribution in [0.5, 0.6) is 0 Å². The number of halogens is 1. The number of nitrogens with one attached hydrogen (secondary N) is 1. The van der Waals surface area contributed by atoms with Crippen LogP contribution in [0.3, 0.4) is 0 Å². The molecule has 0 spiro atoms. The first-order valence-corrected chi connectivity index (χ1v) is 7.66. The van der Waals surface area contributed by atoms with Crippen LogP contribution in [0.4, 0.5) is 10.5 Å². The molecule has 3 N–H and O–H groups in total. The van der Waals surface area contributed by atoms with Gasteiger partial charge in [-0.1, -0.05) is 6.07 Å². The number of anilines is 1. The molecule has 1 fully saturated rings. The van der Waals surface area contributed by atoms with Crippen LogP contribution in [-0.4, -0.2) is 29.9 Å². The number of primary amides is 1. The van der Waals surface area contributed by atoms with Gasteiger partial charge in [-0.3, -0.25) is 4.79 Å². The van der Waals surface area contributed by atoms with Crippen molar-refractivity contribution >= 4 is 40.2 Å². The monoisotopic (exact) mass is 387 g/mol. The first-order chi connectivity index (χ1) is 9.47. The fourth-order valence-corrected chi connectivity index (χ4v) is 2.82. The zero-order valence-corrected chi connectivity index (χ0v) is 13.5. The summed E-state index contributed by atoms with van der Waals surface area (Å²) in [6.07, 6.45) is 1.60. The van der Waals surface area contributed by atoms with E-state index in [4.69, 9.17) is 5.73 Å². The van der Waals surface area contributed by atoms with Gasteiger partial charge in [-0.15, -0.1) is 0 Å². The first-order valence-electron chi connectivity index (χ1n) is 6.59. The highest BCUT2D eigenvalue weighted by Crippen LogP contribution is 2.21. The molecular formula is C14H18IN3O2. The summed E-state index contributed by atoms with van der Waals surface area (Å²) in [7, 11) is 0. The molecule has 108 valence electrons. The molecule has 0 saturated carbocycles. The maximum absolute atomic E-state index is 12.2. The minimum absolute atomic E-state index is 0.0457. The maximum Gasteiger partial charge on any atom is 0.314 e. The van der Waals surface area contributed by atoms with Gasteiger partial charge >= 0.3 is 6.03 Å². The Bertz CT molecular complexity index is 533. The fraction of sp³-hybridized carbons (Fsp3) is 0.429. The predicted molar refractivity (Wildman–Crippen MR) is 86.4 cm³/mol. The zero-order valence-electron chi connectivity index (χ0n) is 11.4.